The molecule has 0 aliphatic heterocycles. The molecular formula is C17H23NO3. The van der Waals surface area contributed by atoms with Crippen LogP contribution in [-0.4, -0.2) is 11.7 Å². The molecule has 0 aliphatic carbocycles. The number of aliphatic hydroxyl groups excluding tert-OH is 1. The Kier molecular flexibility index (Phi) is 4.91. The van der Waals surface area contributed by atoms with Gasteiger partial charge in [-0.2, -0.15) is 0 Å². The van der Waals surface area contributed by atoms with Crippen LogP contribution in [0.25, 0.3) is 0 Å². The molecule has 1 heterocycles. The van der Waals surface area contributed by atoms with Gasteiger partial charge in [0.2, 0.25) is 0 Å². The predicted octanol–water partition coefficient (Wildman–Crippen LogP) is 3.96. The molecule has 0 saturated carbocycles. The third-order valence-electron chi connectivity index (χ3n) is 3.46. The van der Waals surface area contributed by atoms with E-state index in [-0.39, 0.29) is 12.6 Å². The second-order valence-corrected chi connectivity index (χ2v) is 5.15. The highest BCUT2D eigenvalue weighted by molar-refractivity contribution is 5.52. The third kappa shape index (κ3) is 3.58. The van der Waals surface area contributed by atoms with E-state index in [1.807, 2.05) is 39.0 Å². The summed E-state index contributed by atoms with van der Waals surface area (Å²) >= 11 is 0. The van der Waals surface area contributed by atoms with Crippen molar-refractivity contribution in [3.05, 3.63) is 46.9 Å². The lowest BCUT2D eigenvalue weighted by molar-refractivity contribution is 0.267. The van der Waals surface area contributed by atoms with Gasteiger partial charge in [-0.1, -0.05) is 0 Å². The number of hydrogen-bond donors (Lipinski definition) is 2. The molecule has 0 amide bonds. The molecule has 0 bridgehead atoms. The molecule has 1 aromatic carbocycles. The normalized spacial score (nSPS) is 12.2. The van der Waals surface area contributed by atoms with Crippen LogP contribution in [0.2, 0.25) is 0 Å². The largest absolute Gasteiger partial charge is 0.494 e. The summed E-state index contributed by atoms with van der Waals surface area (Å²) in [7, 11) is 0. The second-order valence-electron chi connectivity index (χ2n) is 5.15. The quantitative estimate of drug-likeness (QED) is 0.845. The van der Waals surface area contributed by atoms with Crippen molar-refractivity contribution in [1.82, 2.24) is 0 Å². The fraction of sp³-hybridized carbons (Fsp3) is 0.412. The van der Waals surface area contributed by atoms with E-state index < -0.39 is 0 Å². The zero-order valence-electron chi connectivity index (χ0n) is 13.1. The summed E-state index contributed by atoms with van der Waals surface area (Å²) in [5.41, 5.74) is 2.88. The van der Waals surface area contributed by atoms with Crippen molar-refractivity contribution in [3.63, 3.8) is 0 Å². The molecule has 21 heavy (non-hydrogen) atoms. The number of anilines is 1. The molecule has 4 nitrogen and oxygen atoms in total. The first-order chi connectivity index (χ1) is 10.0. The van der Waals surface area contributed by atoms with Crippen LogP contribution in [0.4, 0.5) is 5.69 Å². The Labute approximate surface area is 125 Å². The number of ether oxygens (including phenoxy) is 1. The fourth-order valence-corrected chi connectivity index (χ4v) is 2.50. The average Bonchev–Trinajstić information content (AvgIpc) is 2.79. The summed E-state index contributed by atoms with van der Waals surface area (Å²) in [4.78, 5) is 0. The van der Waals surface area contributed by atoms with E-state index in [2.05, 4.69) is 18.3 Å². The summed E-state index contributed by atoms with van der Waals surface area (Å²) in [6.45, 7) is 8.49. The monoisotopic (exact) mass is 289 g/mol. The SMILES string of the molecule is CCOc1ccc(NC(C)c2cc(C)oc2C)cc1CO. The Morgan fingerprint density at radius 1 is 1.29 bits per heavy atom. The molecular weight excluding hydrogens is 266 g/mol. The highest BCUT2D eigenvalue weighted by Crippen LogP contribution is 2.28. The van der Waals surface area contributed by atoms with Crippen molar-refractivity contribution >= 4 is 5.69 Å². The molecule has 1 unspecified atom stereocenters. The molecule has 4 heteroatoms. The molecule has 2 N–H and O–H groups in total. The number of rotatable bonds is 6. The summed E-state index contributed by atoms with van der Waals surface area (Å²) in [5.74, 6) is 2.58. The fourth-order valence-electron chi connectivity index (χ4n) is 2.50. The van der Waals surface area contributed by atoms with Gasteiger partial charge in [0.05, 0.1) is 19.3 Å². The number of hydrogen-bond acceptors (Lipinski definition) is 4. The maximum Gasteiger partial charge on any atom is 0.124 e. The Bertz CT molecular complexity index is 604. The summed E-state index contributed by atoms with van der Waals surface area (Å²) in [5, 5.41) is 12.9. The van der Waals surface area contributed by atoms with E-state index in [9.17, 15) is 5.11 Å². The minimum atomic E-state index is -0.0386. The average molecular weight is 289 g/mol. The van der Waals surface area contributed by atoms with Crippen LogP contribution in [0.1, 0.15) is 42.5 Å². The van der Waals surface area contributed by atoms with Gasteiger partial charge in [-0.15, -0.1) is 0 Å². The zero-order valence-corrected chi connectivity index (χ0v) is 13.1. The van der Waals surface area contributed by atoms with Gasteiger partial charge in [0.15, 0.2) is 0 Å². The maximum atomic E-state index is 9.45. The standard InChI is InChI=1S/C17H23NO3/c1-5-20-17-7-6-15(9-14(17)10-19)18-12(3)16-8-11(2)21-13(16)4/h6-9,12,18-19H,5,10H2,1-4H3. The van der Waals surface area contributed by atoms with Crippen molar-refractivity contribution in [2.24, 2.45) is 0 Å². The highest BCUT2D eigenvalue weighted by Gasteiger charge is 2.13. The maximum absolute atomic E-state index is 9.45. The van der Waals surface area contributed by atoms with Crippen molar-refractivity contribution < 1.29 is 14.3 Å². The molecule has 0 spiro atoms. The topological polar surface area (TPSA) is 54.6 Å². The van der Waals surface area contributed by atoms with Crippen molar-refractivity contribution in [2.45, 2.75) is 40.3 Å². The van der Waals surface area contributed by atoms with Crippen molar-refractivity contribution in [3.8, 4) is 5.75 Å². The lowest BCUT2D eigenvalue weighted by Crippen LogP contribution is -2.07. The molecule has 0 radical (unpaired) electrons. The molecule has 0 saturated heterocycles. The molecule has 2 aromatic rings. The van der Waals surface area contributed by atoms with Crippen LogP contribution in [0.5, 0.6) is 5.75 Å². The van der Waals surface area contributed by atoms with Gasteiger partial charge in [0, 0.05) is 16.8 Å². The lowest BCUT2D eigenvalue weighted by atomic mass is 10.1. The second kappa shape index (κ2) is 6.68. The Morgan fingerprint density at radius 3 is 2.62 bits per heavy atom. The van der Waals surface area contributed by atoms with Crippen LogP contribution in [0, 0.1) is 13.8 Å². The summed E-state index contributed by atoms with van der Waals surface area (Å²) < 4.78 is 11.1. The molecule has 0 aliphatic rings. The van der Waals surface area contributed by atoms with Crippen LogP contribution < -0.4 is 10.1 Å². The number of aliphatic hydroxyl groups is 1. The molecule has 2 rings (SSSR count). The van der Waals surface area contributed by atoms with E-state index in [0.717, 1.165) is 34.1 Å². The minimum Gasteiger partial charge on any atom is -0.494 e. The highest BCUT2D eigenvalue weighted by atomic mass is 16.5. The zero-order chi connectivity index (χ0) is 15.4. The number of nitrogens with one attached hydrogen (secondary N) is 1. The van der Waals surface area contributed by atoms with E-state index in [1.165, 1.54) is 0 Å². The first-order valence-electron chi connectivity index (χ1n) is 7.25. The van der Waals surface area contributed by atoms with E-state index in [0.29, 0.717) is 6.61 Å². The number of benzene rings is 1. The van der Waals surface area contributed by atoms with Gasteiger partial charge in [-0.3, -0.25) is 0 Å². The first-order valence-corrected chi connectivity index (χ1v) is 7.25. The molecule has 1 aromatic heterocycles. The third-order valence-corrected chi connectivity index (χ3v) is 3.46. The van der Waals surface area contributed by atoms with E-state index in [4.69, 9.17) is 9.15 Å². The van der Waals surface area contributed by atoms with Gasteiger partial charge in [0.1, 0.15) is 17.3 Å². The van der Waals surface area contributed by atoms with Crippen LogP contribution >= 0.6 is 0 Å². The molecule has 1 atom stereocenters. The Morgan fingerprint density at radius 2 is 2.05 bits per heavy atom. The van der Waals surface area contributed by atoms with Gasteiger partial charge in [-0.05, 0) is 52.0 Å². The van der Waals surface area contributed by atoms with E-state index in [1.54, 1.807) is 0 Å². The Balaban J connectivity index is 2.17. The van der Waals surface area contributed by atoms with Gasteiger partial charge < -0.3 is 19.6 Å². The van der Waals surface area contributed by atoms with Gasteiger partial charge >= 0.3 is 0 Å². The minimum absolute atomic E-state index is 0.0386. The summed E-state index contributed by atoms with van der Waals surface area (Å²) in [6, 6.07) is 7.95. The van der Waals surface area contributed by atoms with Crippen LogP contribution in [-0.2, 0) is 6.61 Å². The summed E-state index contributed by atoms with van der Waals surface area (Å²) in [6.07, 6.45) is 0. The molecule has 0 fully saturated rings. The number of aryl methyl sites for hydroxylation is 2. The van der Waals surface area contributed by atoms with Crippen LogP contribution in [0.15, 0.2) is 28.7 Å². The molecule has 114 valence electrons. The predicted molar refractivity (Wildman–Crippen MR) is 83.8 cm³/mol. The van der Waals surface area contributed by atoms with Gasteiger partial charge in [0.25, 0.3) is 0 Å². The lowest BCUT2D eigenvalue weighted by Gasteiger charge is -2.17. The first kappa shape index (κ1) is 15.4. The van der Waals surface area contributed by atoms with Crippen molar-refractivity contribution in [2.75, 3.05) is 11.9 Å². The Hall–Kier alpha value is -1.94. The van der Waals surface area contributed by atoms with Crippen molar-refractivity contribution in [1.29, 1.82) is 0 Å². The van der Waals surface area contributed by atoms with Gasteiger partial charge in [-0.25, -0.2) is 0 Å². The smallest absolute Gasteiger partial charge is 0.124 e. The van der Waals surface area contributed by atoms with E-state index >= 15 is 0 Å². The van der Waals surface area contributed by atoms with Crippen LogP contribution in [0.3, 0.4) is 0 Å². The number of furan rings is 1.